The molecule has 3 saturated carbocycles. The predicted octanol–water partition coefficient (Wildman–Crippen LogP) is 26.9. The number of imide groups is 4. The predicted molar refractivity (Wildman–Crippen MR) is 507 cm³/mol. The van der Waals surface area contributed by atoms with Crippen LogP contribution in [0.4, 0.5) is 0 Å². The molecule has 706 valence electrons. The molecule has 0 aromatic carbocycles. The molecule has 0 spiro atoms. The Morgan fingerprint density at radius 1 is 0.256 bits per heavy atom. The molecule has 4 saturated heterocycles. The van der Waals surface area contributed by atoms with Crippen molar-refractivity contribution in [1.82, 2.24) is 19.6 Å². The smallest absolute Gasteiger partial charge is 0.233 e. The second-order valence-corrected chi connectivity index (χ2v) is 55.6. The van der Waals surface area contributed by atoms with Crippen LogP contribution in [0.2, 0.25) is 0 Å². The van der Waals surface area contributed by atoms with E-state index in [9.17, 15) is 52.7 Å². The van der Waals surface area contributed by atoms with E-state index in [2.05, 4.69) is 145 Å². The van der Waals surface area contributed by atoms with Crippen LogP contribution in [-0.2, 0) is 52.7 Å². The summed E-state index contributed by atoms with van der Waals surface area (Å²) in [4.78, 5) is 137. The molecular weight excluding hydrogens is 1510 g/mol. The first-order valence-corrected chi connectivity index (χ1v) is 47.2. The van der Waals surface area contributed by atoms with Crippen molar-refractivity contribution in [3.63, 3.8) is 0 Å². The van der Waals surface area contributed by atoms with Gasteiger partial charge in [-0.2, -0.15) is 0 Å². The Morgan fingerprint density at radius 2 is 0.479 bits per heavy atom. The minimum atomic E-state index is -0.395. The maximum atomic E-state index is 12.2. The van der Waals surface area contributed by atoms with E-state index in [0.717, 1.165) is 49.4 Å². The second kappa shape index (κ2) is 43.1. The van der Waals surface area contributed by atoms with Crippen LogP contribution in [0.15, 0.2) is 0 Å². The molecule has 15 nitrogen and oxygen atoms in total. The summed E-state index contributed by atoms with van der Waals surface area (Å²) in [6.45, 7) is 102. The van der Waals surface area contributed by atoms with Gasteiger partial charge in [0.2, 0.25) is 47.3 Å². The highest BCUT2D eigenvalue weighted by Gasteiger charge is 2.52. The lowest BCUT2D eigenvalue weighted by atomic mass is 9.64. The monoisotopic (exact) mass is 1700 g/mol. The molecule has 4 aliphatic heterocycles. The third kappa shape index (κ3) is 41.9. The average Bonchev–Trinajstić information content (AvgIpc) is 1.66. The van der Waals surface area contributed by atoms with Gasteiger partial charge >= 0.3 is 0 Å². The zero-order chi connectivity index (χ0) is 96.3. The van der Waals surface area contributed by atoms with Gasteiger partial charge in [0.25, 0.3) is 0 Å². The van der Waals surface area contributed by atoms with E-state index < -0.39 is 11.1 Å². The van der Waals surface area contributed by atoms with Crippen LogP contribution in [0.25, 0.3) is 0 Å². The average molecular weight is 1700 g/mol. The molecule has 4 atom stereocenters. The van der Waals surface area contributed by atoms with Gasteiger partial charge in [-0.15, -0.1) is 0 Å². The number of likely N-dealkylation sites (tertiary alicyclic amines) is 4. The highest BCUT2D eigenvalue weighted by atomic mass is 16.2. The minimum absolute atomic E-state index is 0.00688. The van der Waals surface area contributed by atoms with Crippen LogP contribution < -0.4 is 0 Å². The molecule has 7 rings (SSSR count). The van der Waals surface area contributed by atoms with Crippen molar-refractivity contribution >= 4 is 64.6 Å². The molecule has 0 bridgehead atoms. The highest BCUT2D eigenvalue weighted by molar-refractivity contribution is 6.06. The Morgan fingerprint density at radius 3 is 0.620 bits per heavy atom. The van der Waals surface area contributed by atoms with E-state index in [4.69, 9.17) is 0 Å². The summed E-state index contributed by atoms with van der Waals surface area (Å²) in [5, 5.41) is 0. The number of Topliss-reactive ketones (excluding diaryl/α,β-unsaturated/α-hetero) is 3. The fourth-order valence-electron chi connectivity index (χ4n) is 17.8. The molecule has 7 fully saturated rings. The third-order valence-corrected chi connectivity index (χ3v) is 25.0. The lowest BCUT2D eigenvalue weighted by molar-refractivity contribution is -0.147. The first-order valence-electron chi connectivity index (χ1n) is 47.2. The highest BCUT2D eigenvalue weighted by Crippen LogP contribution is 2.48. The molecule has 8 amide bonds. The maximum Gasteiger partial charge on any atom is 0.233 e. The summed E-state index contributed by atoms with van der Waals surface area (Å²) in [6.07, 6.45) is 20.1. The molecule has 0 N–H and O–H groups in total. The van der Waals surface area contributed by atoms with Gasteiger partial charge in [0, 0.05) is 84.4 Å². The van der Waals surface area contributed by atoms with Crippen molar-refractivity contribution in [2.75, 3.05) is 13.1 Å². The number of carbonyl (C=O) groups is 11. The van der Waals surface area contributed by atoms with Gasteiger partial charge in [0.05, 0.1) is 23.7 Å². The molecule has 4 heterocycles. The number of nitrogens with zero attached hydrogens (tertiary/aromatic N) is 4. The third-order valence-electron chi connectivity index (χ3n) is 25.0. The van der Waals surface area contributed by atoms with E-state index in [1.54, 1.807) is 0 Å². The SMILES string of the molecule is CC(C)(C)C1CC(=O)N(C(C)(C)C)C1=O.CC(C)(C)C1CC(=O)N(C(C)(C)C)C1=O.CC(C)(C)C1CCC(C(C)(C)C)CC1.CC(C)(C)CC(=O)C(C)(C)C.CC(C)(C)CC1CCC(C(=O)C(C)(C)C)CC1.CC(C)(C)CC1CCC(C(=O)C(C)(C)C)CC1.CC(C)(C)CN1C(=O)CC(C(C)(C)C)C1=O.CC(C)(C)CN1C(=O)CC(C(C)(C)C)C1=O. The maximum absolute atomic E-state index is 12.2. The number of ketones is 3. The van der Waals surface area contributed by atoms with Gasteiger partial charge in [-0.25, -0.2) is 0 Å². The van der Waals surface area contributed by atoms with Crippen LogP contribution in [0.1, 0.15) is 454 Å². The number of rotatable bonds is 7. The molecule has 121 heavy (non-hydrogen) atoms. The van der Waals surface area contributed by atoms with Crippen molar-refractivity contribution in [3.05, 3.63) is 0 Å². The fourth-order valence-corrected chi connectivity index (χ4v) is 17.8. The van der Waals surface area contributed by atoms with Crippen molar-refractivity contribution in [1.29, 1.82) is 0 Å². The number of hydrogen-bond acceptors (Lipinski definition) is 11. The topological polar surface area (TPSA) is 201 Å². The summed E-state index contributed by atoms with van der Waals surface area (Å²) >= 11 is 0. The molecule has 0 radical (unpaired) electrons. The number of amides is 8. The van der Waals surface area contributed by atoms with E-state index in [0.29, 0.717) is 96.0 Å². The number of hydrogen-bond donors (Lipinski definition) is 0. The second-order valence-electron chi connectivity index (χ2n) is 55.6. The minimum Gasteiger partial charge on any atom is -0.299 e. The molecule has 4 unspecified atom stereocenters. The first-order chi connectivity index (χ1) is 53.2. The van der Waals surface area contributed by atoms with Crippen molar-refractivity contribution in [3.8, 4) is 0 Å². The number of carbonyl (C=O) groups excluding carboxylic acids is 11. The quantitative estimate of drug-likeness (QED) is 0.220. The summed E-state index contributed by atoms with van der Waals surface area (Å²) in [6, 6.07) is 0. The van der Waals surface area contributed by atoms with Crippen molar-refractivity contribution in [2.45, 2.75) is 465 Å². The lowest BCUT2D eigenvalue weighted by Crippen LogP contribution is -2.46. The Bertz CT molecular complexity index is 3170. The van der Waals surface area contributed by atoms with Crippen LogP contribution in [0.3, 0.4) is 0 Å². The summed E-state index contributed by atoms with van der Waals surface area (Å²) < 4.78 is 0. The van der Waals surface area contributed by atoms with E-state index in [1.807, 2.05) is 187 Å². The Kier molecular flexibility index (Phi) is 41.5. The van der Waals surface area contributed by atoms with Crippen molar-refractivity contribution < 1.29 is 52.7 Å². The van der Waals surface area contributed by atoms with Gasteiger partial charge in [-0.3, -0.25) is 72.3 Å². The van der Waals surface area contributed by atoms with E-state index in [1.165, 1.54) is 83.8 Å². The van der Waals surface area contributed by atoms with Crippen LogP contribution in [0.5, 0.6) is 0 Å². The molecule has 0 aromatic heterocycles. The normalized spacial score (nSPS) is 24.3. The molecule has 3 aliphatic carbocycles. The zero-order valence-corrected chi connectivity index (χ0v) is 88.4. The Hall–Kier alpha value is -4.43. The van der Waals surface area contributed by atoms with Gasteiger partial charge in [0.1, 0.15) is 17.3 Å². The Labute approximate surface area is 746 Å². The van der Waals surface area contributed by atoms with Crippen molar-refractivity contribution in [2.24, 2.45) is 135 Å². The molecule has 7 aliphatic rings. The summed E-state index contributed by atoms with van der Waals surface area (Å²) in [7, 11) is 0. The van der Waals surface area contributed by atoms with Gasteiger partial charge in [0.15, 0.2) is 0 Å². The summed E-state index contributed by atoms with van der Waals surface area (Å²) in [5.74, 6) is 4.86. The fraction of sp³-hybridized carbons (Fsp3) is 0.896. The van der Waals surface area contributed by atoms with Crippen LogP contribution >= 0.6 is 0 Å². The summed E-state index contributed by atoms with van der Waals surface area (Å²) in [5.41, 5.74) is 0.222. The van der Waals surface area contributed by atoms with Crippen LogP contribution in [-0.4, -0.2) is 108 Å². The largest absolute Gasteiger partial charge is 0.299 e. The zero-order valence-electron chi connectivity index (χ0n) is 88.4. The van der Waals surface area contributed by atoms with Gasteiger partial charge < -0.3 is 0 Å². The van der Waals surface area contributed by atoms with Gasteiger partial charge in [-0.1, -0.05) is 291 Å². The van der Waals surface area contributed by atoms with Crippen LogP contribution in [0, 0.1) is 135 Å². The molecule has 0 aromatic rings. The first kappa shape index (κ1) is 117. The van der Waals surface area contributed by atoms with E-state index >= 15 is 0 Å². The molecular formula is C106H196N4O11. The van der Waals surface area contributed by atoms with E-state index in [-0.39, 0.29) is 125 Å². The molecule has 15 heteroatoms. The Balaban J connectivity index is 0.00000136. The van der Waals surface area contributed by atoms with Gasteiger partial charge in [-0.05, 0) is 215 Å². The lowest BCUT2D eigenvalue weighted by Gasteiger charge is -2.41. The standard InChI is InChI=1S/2C16H30O.C14H28.2C13H23NO2.2C12H21NO2.C10H20O/c2*1-15(2,3)11-12-7-9-13(10-8-12)14(17)16(4,5)6;1-13(2,3)11-7-9-12(10-8-11)14(4,5)6;2*1-12(2,3)8-14-10(15)7-9(11(14)16)13(4,5)6;2*1-11(2,3)8-7-9(14)13(10(8)15)12(4,5)6;1-9(2,3)7-8(11)10(4,5)6/h2*12-13H,7-11H2,1-6H3;11-12H,7-10H2,1-6H3;2*9H,7-8H2,1-6H3;2*8H,7H2,1-6H3;7H2,1-6H3.